The van der Waals surface area contributed by atoms with Crippen LogP contribution in [0.5, 0.6) is 0 Å². The first kappa shape index (κ1) is 18.1. The molecule has 2 aromatic heterocycles. The third-order valence-electron chi connectivity index (χ3n) is 4.17. The second kappa shape index (κ2) is 8.14. The van der Waals surface area contributed by atoms with Crippen molar-refractivity contribution >= 4 is 34.2 Å². The highest BCUT2D eigenvalue weighted by Crippen LogP contribution is 2.23. The van der Waals surface area contributed by atoms with Crippen molar-refractivity contribution in [2.75, 3.05) is 7.11 Å². The van der Waals surface area contributed by atoms with Gasteiger partial charge in [0.2, 0.25) is 5.91 Å². The van der Waals surface area contributed by atoms with E-state index < -0.39 is 6.04 Å². The maximum absolute atomic E-state index is 12.7. The topological polar surface area (TPSA) is 73.2 Å². The fraction of sp³-hybridized carbons (Fsp3) is 0.316. The molecule has 0 spiro atoms. The average Bonchev–Trinajstić information content (AvgIpc) is 3.29. The Bertz CT molecular complexity index is 902. The van der Waals surface area contributed by atoms with Gasteiger partial charge in [0, 0.05) is 11.3 Å². The minimum absolute atomic E-state index is 0.105. The lowest BCUT2D eigenvalue weighted by Gasteiger charge is -2.17. The number of imidazole rings is 1. The van der Waals surface area contributed by atoms with E-state index in [0.29, 0.717) is 0 Å². The van der Waals surface area contributed by atoms with Crippen LogP contribution in [0.4, 0.5) is 0 Å². The lowest BCUT2D eigenvalue weighted by atomic mass is 10.1. The van der Waals surface area contributed by atoms with Crippen LogP contribution < -0.4 is 5.32 Å². The largest absolute Gasteiger partial charge is 0.469 e. The summed E-state index contributed by atoms with van der Waals surface area (Å²) < 4.78 is 6.68. The molecule has 1 atom stereocenters. The van der Waals surface area contributed by atoms with Crippen LogP contribution in [0.1, 0.15) is 30.1 Å². The molecule has 0 fully saturated rings. The number of rotatable bonds is 7. The molecule has 0 aliphatic carbocycles. The number of esters is 1. The lowest BCUT2D eigenvalue weighted by Crippen LogP contribution is -2.33. The van der Waals surface area contributed by atoms with Crippen LogP contribution in [0.15, 0.2) is 41.8 Å². The lowest BCUT2D eigenvalue weighted by molar-refractivity contribution is -0.141. The zero-order chi connectivity index (χ0) is 18.5. The fourth-order valence-corrected chi connectivity index (χ4v) is 3.70. The van der Waals surface area contributed by atoms with E-state index in [9.17, 15) is 9.59 Å². The average molecular weight is 371 g/mol. The molecule has 136 valence electrons. The minimum atomic E-state index is -0.394. The van der Waals surface area contributed by atoms with Crippen molar-refractivity contribution in [3.8, 4) is 0 Å². The van der Waals surface area contributed by atoms with Crippen LogP contribution in [-0.4, -0.2) is 28.5 Å². The number of nitrogens with zero attached hydrogens (tertiary/aromatic N) is 2. The Labute approximate surface area is 155 Å². The summed E-state index contributed by atoms with van der Waals surface area (Å²) in [4.78, 5) is 29.9. The van der Waals surface area contributed by atoms with E-state index in [-0.39, 0.29) is 24.8 Å². The number of aryl methyl sites for hydroxylation is 1. The third kappa shape index (κ3) is 3.94. The van der Waals surface area contributed by atoms with Gasteiger partial charge in [-0.25, -0.2) is 4.98 Å². The van der Waals surface area contributed by atoms with Gasteiger partial charge < -0.3 is 14.6 Å². The zero-order valence-corrected chi connectivity index (χ0v) is 15.6. The van der Waals surface area contributed by atoms with Gasteiger partial charge in [-0.2, -0.15) is 0 Å². The van der Waals surface area contributed by atoms with E-state index >= 15 is 0 Å². The summed E-state index contributed by atoms with van der Waals surface area (Å²) >= 11 is 1.50. The van der Waals surface area contributed by atoms with Crippen LogP contribution in [-0.2, 0) is 27.3 Å². The first-order chi connectivity index (χ1) is 12.6. The van der Waals surface area contributed by atoms with Gasteiger partial charge in [-0.15, -0.1) is 11.3 Å². The molecule has 0 radical (unpaired) electrons. The standard InChI is InChI=1S/C19H21N3O3S/c1-3-17-20-13-7-4-5-8-15(13)22(17)12-18(23)21-14(11-19(24)25-2)16-9-6-10-26-16/h4-10,14H,3,11-12H2,1-2H3,(H,21,23). The Morgan fingerprint density at radius 1 is 1.27 bits per heavy atom. The highest BCUT2D eigenvalue weighted by molar-refractivity contribution is 7.10. The molecule has 0 bridgehead atoms. The van der Waals surface area contributed by atoms with Gasteiger partial charge in [0.05, 0.1) is 30.6 Å². The van der Waals surface area contributed by atoms with Crippen molar-refractivity contribution < 1.29 is 14.3 Å². The van der Waals surface area contributed by atoms with Gasteiger partial charge in [0.1, 0.15) is 12.4 Å². The number of ether oxygens (including phenoxy) is 1. The number of methoxy groups -OCH3 is 1. The molecule has 3 aromatic rings. The highest BCUT2D eigenvalue weighted by atomic mass is 32.1. The third-order valence-corrected chi connectivity index (χ3v) is 5.16. The number of fused-ring (bicyclic) bond motifs is 1. The number of carbonyl (C=O) groups is 2. The zero-order valence-electron chi connectivity index (χ0n) is 14.8. The van der Waals surface area contributed by atoms with Gasteiger partial charge in [-0.1, -0.05) is 25.1 Å². The SMILES string of the molecule is CCc1nc2ccccc2n1CC(=O)NC(CC(=O)OC)c1cccs1. The van der Waals surface area contributed by atoms with Gasteiger partial charge in [0.25, 0.3) is 0 Å². The predicted molar refractivity (Wildman–Crippen MR) is 101 cm³/mol. The monoisotopic (exact) mass is 371 g/mol. The van der Waals surface area contributed by atoms with Crippen LogP contribution >= 0.6 is 11.3 Å². The molecule has 0 aliphatic rings. The Kier molecular flexibility index (Phi) is 5.68. The number of para-hydroxylation sites is 2. The van der Waals surface area contributed by atoms with Crippen LogP contribution in [0.3, 0.4) is 0 Å². The Morgan fingerprint density at radius 2 is 2.08 bits per heavy atom. The van der Waals surface area contributed by atoms with Gasteiger partial charge in [0.15, 0.2) is 0 Å². The molecule has 1 aromatic carbocycles. The van der Waals surface area contributed by atoms with E-state index in [4.69, 9.17) is 4.74 Å². The van der Waals surface area contributed by atoms with Gasteiger partial charge in [-0.05, 0) is 23.6 Å². The second-order valence-corrected chi connectivity index (χ2v) is 6.85. The maximum Gasteiger partial charge on any atom is 0.307 e. The molecule has 1 N–H and O–H groups in total. The quantitative estimate of drug-likeness (QED) is 0.648. The van der Waals surface area contributed by atoms with Gasteiger partial charge >= 0.3 is 5.97 Å². The first-order valence-corrected chi connectivity index (χ1v) is 9.34. The van der Waals surface area contributed by atoms with E-state index in [2.05, 4.69) is 10.3 Å². The molecule has 2 heterocycles. The first-order valence-electron chi connectivity index (χ1n) is 8.46. The van der Waals surface area contributed by atoms with Crippen molar-refractivity contribution in [3.05, 3.63) is 52.5 Å². The van der Waals surface area contributed by atoms with E-state index in [1.54, 1.807) is 0 Å². The summed E-state index contributed by atoms with van der Waals surface area (Å²) in [5.41, 5.74) is 1.81. The summed E-state index contributed by atoms with van der Waals surface area (Å²) in [6.07, 6.45) is 0.840. The number of nitrogens with one attached hydrogen (secondary N) is 1. The van der Waals surface area contributed by atoms with E-state index in [0.717, 1.165) is 28.2 Å². The summed E-state index contributed by atoms with van der Waals surface area (Å²) in [6.45, 7) is 2.17. The number of carbonyl (C=O) groups excluding carboxylic acids is 2. The predicted octanol–water partition coefficient (Wildman–Crippen LogP) is 3.08. The molecule has 0 saturated carbocycles. The van der Waals surface area contributed by atoms with Crippen molar-refractivity contribution in [3.63, 3.8) is 0 Å². The van der Waals surface area contributed by atoms with Crippen molar-refractivity contribution in [2.24, 2.45) is 0 Å². The minimum Gasteiger partial charge on any atom is -0.469 e. The summed E-state index contributed by atoms with van der Waals surface area (Å²) in [7, 11) is 1.35. The molecular formula is C19H21N3O3S. The second-order valence-electron chi connectivity index (χ2n) is 5.87. The number of aromatic nitrogens is 2. The molecule has 1 amide bonds. The number of hydrogen-bond acceptors (Lipinski definition) is 5. The summed E-state index contributed by atoms with van der Waals surface area (Å²) in [5, 5.41) is 4.88. The molecule has 0 aliphatic heterocycles. The van der Waals surface area contributed by atoms with Crippen molar-refractivity contribution in [2.45, 2.75) is 32.4 Å². The smallest absolute Gasteiger partial charge is 0.307 e. The highest BCUT2D eigenvalue weighted by Gasteiger charge is 2.21. The fourth-order valence-electron chi connectivity index (χ4n) is 2.92. The summed E-state index contributed by atoms with van der Waals surface area (Å²) in [5.74, 6) is 0.346. The van der Waals surface area contributed by atoms with Crippen molar-refractivity contribution in [1.29, 1.82) is 0 Å². The van der Waals surface area contributed by atoms with E-state index in [1.807, 2.05) is 53.3 Å². The normalized spacial score (nSPS) is 12.1. The molecule has 6 nitrogen and oxygen atoms in total. The number of hydrogen-bond donors (Lipinski definition) is 1. The Hall–Kier alpha value is -2.67. The van der Waals surface area contributed by atoms with Crippen LogP contribution in [0.2, 0.25) is 0 Å². The van der Waals surface area contributed by atoms with Crippen molar-refractivity contribution in [1.82, 2.24) is 14.9 Å². The maximum atomic E-state index is 12.7. The molecule has 26 heavy (non-hydrogen) atoms. The summed E-state index contributed by atoms with van der Waals surface area (Å²) in [6, 6.07) is 11.2. The van der Waals surface area contributed by atoms with Crippen LogP contribution in [0, 0.1) is 0 Å². The number of amides is 1. The number of thiophene rings is 1. The Balaban J connectivity index is 1.79. The van der Waals surface area contributed by atoms with E-state index in [1.165, 1.54) is 18.4 Å². The molecule has 3 rings (SSSR count). The number of benzene rings is 1. The molecule has 1 unspecified atom stereocenters. The molecule has 0 saturated heterocycles. The Morgan fingerprint density at radius 3 is 2.77 bits per heavy atom. The van der Waals surface area contributed by atoms with Crippen LogP contribution in [0.25, 0.3) is 11.0 Å². The molecule has 7 heteroatoms. The van der Waals surface area contributed by atoms with Gasteiger partial charge in [-0.3, -0.25) is 9.59 Å². The molecular weight excluding hydrogens is 350 g/mol.